The number of aryl methyl sites for hydroxylation is 1. The first-order valence-corrected chi connectivity index (χ1v) is 6.33. The Morgan fingerprint density at radius 3 is 2.48 bits per heavy atom. The van der Waals surface area contributed by atoms with Crippen LogP contribution in [0.5, 0.6) is 0 Å². The number of hydrogen-bond acceptors (Lipinski definition) is 4. The molecule has 0 amide bonds. The molecule has 1 aromatic heterocycles. The summed E-state index contributed by atoms with van der Waals surface area (Å²) < 4.78 is 13.9. The van der Waals surface area contributed by atoms with Gasteiger partial charge in [0.15, 0.2) is 5.82 Å². The number of anilines is 1. The number of benzene rings is 2. The molecule has 0 saturated heterocycles. The molecule has 4 nitrogen and oxygen atoms in total. The molecule has 0 aliphatic rings. The Labute approximate surface area is 120 Å². The highest BCUT2D eigenvalue weighted by molar-refractivity contribution is 5.95. The number of rotatable bonds is 1. The molecular weight excluding hydrogens is 267 g/mol. The number of nitrogen functional groups attached to an aromatic ring is 1. The van der Waals surface area contributed by atoms with E-state index in [4.69, 9.17) is 11.0 Å². The van der Waals surface area contributed by atoms with Gasteiger partial charge in [-0.05, 0) is 24.4 Å². The smallest absolute Gasteiger partial charge is 0.162 e. The predicted molar refractivity (Wildman–Crippen MR) is 78.8 cm³/mol. The van der Waals surface area contributed by atoms with Gasteiger partial charge in [0.05, 0.1) is 5.69 Å². The number of aromatic nitrogens is 2. The van der Waals surface area contributed by atoms with Gasteiger partial charge in [-0.25, -0.2) is 14.4 Å². The van der Waals surface area contributed by atoms with E-state index in [9.17, 15) is 4.39 Å². The number of fused-ring (bicyclic) bond motifs is 1. The van der Waals surface area contributed by atoms with Gasteiger partial charge in [0, 0.05) is 10.9 Å². The SMILES string of the molecule is Cc1nc(-c2ccc(F)c3ccccc23)nc(N)c1C#N. The van der Waals surface area contributed by atoms with E-state index in [1.807, 2.05) is 12.1 Å². The maximum absolute atomic E-state index is 13.9. The Morgan fingerprint density at radius 2 is 1.81 bits per heavy atom. The third-order valence-corrected chi connectivity index (χ3v) is 3.34. The van der Waals surface area contributed by atoms with Crippen LogP contribution in [0.4, 0.5) is 10.2 Å². The molecule has 3 rings (SSSR count). The van der Waals surface area contributed by atoms with Crippen molar-refractivity contribution in [2.75, 3.05) is 5.73 Å². The van der Waals surface area contributed by atoms with Gasteiger partial charge in [0.25, 0.3) is 0 Å². The van der Waals surface area contributed by atoms with Gasteiger partial charge in [-0.1, -0.05) is 24.3 Å². The largest absolute Gasteiger partial charge is 0.382 e. The second-order valence-corrected chi connectivity index (χ2v) is 4.65. The molecule has 0 aliphatic heterocycles. The van der Waals surface area contributed by atoms with E-state index < -0.39 is 0 Å². The molecule has 0 saturated carbocycles. The molecule has 0 aliphatic carbocycles. The molecule has 2 aromatic carbocycles. The maximum atomic E-state index is 13.9. The summed E-state index contributed by atoms with van der Waals surface area (Å²) in [5.74, 6) is 0.223. The van der Waals surface area contributed by atoms with E-state index in [2.05, 4.69) is 9.97 Å². The number of hydrogen-bond donors (Lipinski definition) is 1. The minimum atomic E-state index is -0.298. The summed E-state index contributed by atoms with van der Waals surface area (Å²) in [6.45, 7) is 1.70. The van der Waals surface area contributed by atoms with Gasteiger partial charge in [0.2, 0.25) is 0 Å². The molecule has 3 aromatic rings. The zero-order valence-corrected chi connectivity index (χ0v) is 11.3. The van der Waals surface area contributed by atoms with Crippen LogP contribution in [0, 0.1) is 24.1 Å². The molecule has 0 atom stereocenters. The fourth-order valence-electron chi connectivity index (χ4n) is 2.31. The minimum absolute atomic E-state index is 0.133. The molecule has 5 heteroatoms. The molecule has 0 spiro atoms. The Morgan fingerprint density at radius 1 is 1.10 bits per heavy atom. The van der Waals surface area contributed by atoms with E-state index in [1.54, 1.807) is 31.2 Å². The molecule has 21 heavy (non-hydrogen) atoms. The van der Waals surface area contributed by atoms with E-state index in [0.29, 0.717) is 27.9 Å². The van der Waals surface area contributed by atoms with Gasteiger partial charge in [0.1, 0.15) is 23.3 Å². The van der Waals surface area contributed by atoms with Crippen LogP contribution >= 0.6 is 0 Å². The summed E-state index contributed by atoms with van der Waals surface area (Å²) in [6, 6.07) is 12.1. The van der Waals surface area contributed by atoms with E-state index >= 15 is 0 Å². The van der Waals surface area contributed by atoms with Crippen molar-refractivity contribution in [3.63, 3.8) is 0 Å². The van der Waals surface area contributed by atoms with Crippen LogP contribution in [0.1, 0.15) is 11.3 Å². The summed E-state index contributed by atoms with van der Waals surface area (Å²) in [7, 11) is 0. The fraction of sp³-hybridized carbons (Fsp3) is 0.0625. The minimum Gasteiger partial charge on any atom is -0.382 e. The number of halogens is 1. The highest BCUT2D eigenvalue weighted by Crippen LogP contribution is 2.29. The normalized spacial score (nSPS) is 10.5. The standard InChI is InChI=1S/C16H11FN4/c1-9-13(8-18)15(19)21-16(20-9)12-6-7-14(17)11-5-3-2-4-10(11)12/h2-7H,1H3,(H2,19,20,21). The lowest BCUT2D eigenvalue weighted by atomic mass is 10.0. The van der Waals surface area contributed by atoms with Crippen molar-refractivity contribution in [3.05, 3.63) is 53.5 Å². The summed E-state index contributed by atoms with van der Waals surface area (Å²) >= 11 is 0. The Hall–Kier alpha value is -3.00. The summed E-state index contributed by atoms with van der Waals surface area (Å²) in [5.41, 5.74) is 7.26. The first-order valence-electron chi connectivity index (χ1n) is 6.33. The molecule has 1 heterocycles. The number of nitrogens with zero attached hydrogens (tertiary/aromatic N) is 3. The fourth-order valence-corrected chi connectivity index (χ4v) is 2.31. The Balaban J connectivity index is 2.32. The molecule has 102 valence electrons. The molecular formula is C16H11FN4. The summed E-state index contributed by atoms with van der Waals surface area (Å²) in [6.07, 6.45) is 0. The van der Waals surface area contributed by atoms with Gasteiger partial charge in [-0.15, -0.1) is 0 Å². The van der Waals surface area contributed by atoms with Crippen LogP contribution in [0.3, 0.4) is 0 Å². The average Bonchev–Trinajstić information content (AvgIpc) is 2.47. The van der Waals surface area contributed by atoms with E-state index in [-0.39, 0.29) is 17.2 Å². The van der Waals surface area contributed by atoms with Crippen LogP contribution in [-0.4, -0.2) is 9.97 Å². The predicted octanol–water partition coefficient (Wildman–Crippen LogP) is 3.20. The van der Waals surface area contributed by atoms with Crippen molar-refractivity contribution in [2.24, 2.45) is 0 Å². The molecule has 0 radical (unpaired) electrons. The lowest BCUT2D eigenvalue weighted by Crippen LogP contribution is -2.03. The second-order valence-electron chi connectivity index (χ2n) is 4.65. The van der Waals surface area contributed by atoms with E-state index in [0.717, 1.165) is 0 Å². The van der Waals surface area contributed by atoms with Crippen molar-refractivity contribution in [1.82, 2.24) is 9.97 Å². The van der Waals surface area contributed by atoms with Crippen molar-refractivity contribution >= 4 is 16.6 Å². The lowest BCUT2D eigenvalue weighted by Gasteiger charge is -2.09. The quantitative estimate of drug-likeness (QED) is 0.741. The topological polar surface area (TPSA) is 75.6 Å². The third-order valence-electron chi connectivity index (χ3n) is 3.34. The molecule has 0 bridgehead atoms. The lowest BCUT2D eigenvalue weighted by molar-refractivity contribution is 0.640. The monoisotopic (exact) mass is 278 g/mol. The Bertz CT molecular complexity index is 873. The van der Waals surface area contributed by atoms with Crippen LogP contribution in [0.25, 0.3) is 22.2 Å². The van der Waals surface area contributed by atoms with Gasteiger partial charge >= 0.3 is 0 Å². The average molecular weight is 278 g/mol. The van der Waals surface area contributed by atoms with Crippen LogP contribution in [0.2, 0.25) is 0 Å². The molecule has 0 fully saturated rings. The number of nitriles is 1. The van der Waals surface area contributed by atoms with Crippen molar-refractivity contribution in [1.29, 1.82) is 5.26 Å². The van der Waals surface area contributed by atoms with Crippen LogP contribution in [-0.2, 0) is 0 Å². The highest BCUT2D eigenvalue weighted by Gasteiger charge is 2.13. The van der Waals surface area contributed by atoms with Crippen molar-refractivity contribution < 1.29 is 4.39 Å². The molecule has 2 N–H and O–H groups in total. The summed E-state index contributed by atoms with van der Waals surface area (Å²) in [4.78, 5) is 8.50. The third kappa shape index (κ3) is 2.07. The zero-order valence-electron chi connectivity index (χ0n) is 11.3. The van der Waals surface area contributed by atoms with Gasteiger partial charge in [-0.3, -0.25) is 0 Å². The second kappa shape index (κ2) is 4.84. The van der Waals surface area contributed by atoms with Crippen LogP contribution < -0.4 is 5.73 Å². The van der Waals surface area contributed by atoms with Crippen molar-refractivity contribution in [2.45, 2.75) is 6.92 Å². The number of nitrogens with two attached hydrogens (primary N) is 1. The first kappa shape index (κ1) is 13.0. The van der Waals surface area contributed by atoms with Crippen molar-refractivity contribution in [3.8, 4) is 17.5 Å². The van der Waals surface area contributed by atoms with Gasteiger partial charge in [-0.2, -0.15) is 5.26 Å². The first-order chi connectivity index (χ1) is 10.1. The zero-order chi connectivity index (χ0) is 15.0. The Kier molecular flexibility index (Phi) is 2.99. The van der Waals surface area contributed by atoms with Crippen LogP contribution in [0.15, 0.2) is 36.4 Å². The maximum Gasteiger partial charge on any atom is 0.162 e. The van der Waals surface area contributed by atoms with Gasteiger partial charge < -0.3 is 5.73 Å². The molecule has 0 unspecified atom stereocenters. The van der Waals surface area contributed by atoms with E-state index in [1.165, 1.54) is 6.07 Å². The summed E-state index contributed by atoms with van der Waals surface area (Å²) in [5, 5.41) is 10.2. The highest BCUT2D eigenvalue weighted by atomic mass is 19.1.